The molecule has 3 rings (SSSR count). The first-order valence-corrected chi connectivity index (χ1v) is 9.31. The zero-order valence-corrected chi connectivity index (χ0v) is 14.4. The van der Waals surface area contributed by atoms with Gasteiger partial charge in [0, 0.05) is 19.1 Å². The molecule has 0 bridgehead atoms. The van der Waals surface area contributed by atoms with Gasteiger partial charge in [-0.2, -0.15) is 0 Å². The molecule has 2 aliphatic rings. The second-order valence-electron chi connectivity index (χ2n) is 7.51. The molecule has 1 saturated heterocycles. The van der Waals surface area contributed by atoms with E-state index in [0.29, 0.717) is 25.4 Å². The molecular weight excluding hydrogens is 302 g/mol. The number of carboxylic acids is 1. The molecule has 1 aliphatic heterocycles. The molecule has 24 heavy (non-hydrogen) atoms. The number of aryl methyl sites for hydroxylation is 1. The van der Waals surface area contributed by atoms with Crippen molar-refractivity contribution in [3.63, 3.8) is 0 Å². The Hall–Kier alpha value is -1.39. The van der Waals surface area contributed by atoms with Gasteiger partial charge in [0.2, 0.25) is 0 Å². The maximum Gasteiger partial charge on any atom is 0.313 e. The summed E-state index contributed by atoms with van der Waals surface area (Å²) < 4.78 is 0. The van der Waals surface area contributed by atoms with E-state index < -0.39 is 17.5 Å². The van der Waals surface area contributed by atoms with Gasteiger partial charge in [0.05, 0.1) is 6.10 Å². The molecule has 0 amide bonds. The molecule has 1 aromatic rings. The van der Waals surface area contributed by atoms with Gasteiger partial charge in [0.25, 0.3) is 0 Å². The summed E-state index contributed by atoms with van der Waals surface area (Å²) in [5.74, 6) is -0.828. The second-order valence-corrected chi connectivity index (χ2v) is 7.51. The fraction of sp³-hybridized carbons (Fsp3) is 0.650. The summed E-state index contributed by atoms with van der Waals surface area (Å²) in [7, 11) is 0. The van der Waals surface area contributed by atoms with Gasteiger partial charge < -0.3 is 10.2 Å². The van der Waals surface area contributed by atoms with Crippen LogP contribution in [0.4, 0.5) is 0 Å². The lowest BCUT2D eigenvalue weighted by molar-refractivity contribution is -0.165. The van der Waals surface area contributed by atoms with Crippen LogP contribution in [0.5, 0.6) is 0 Å². The van der Waals surface area contributed by atoms with E-state index in [4.69, 9.17) is 0 Å². The van der Waals surface area contributed by atoms with Crippen LogP contribution in [-0.2, 0) is 11.2 Å². The Bertz CT molecular complexity index is 541. The minimum absolute atomic E-state index is 0.503. The highest BCUT2D eigenvalue weighted by Gasteiger charge is 2.49. The molecule has 4 nitrogen and oxygen atoms in total. The third-order valence-corrected chi connectivity index (χ3v) is 6.01. The zero-order valence-electron chi connectivity index (χ0n) is 14.4. The molecule has 2 fully saturated rings. The third-order valence-electron chi connectivity index (χ3n) is 6.01. The van der Waals surface area contributed by atoms with Crippen LogP contribution < -0.4 is 0 Å². The molecule has 1 saturated carbocycles. The number of aliphatic carboxylic acids is 1. The van der Waals surface area contributed by atoms with Crippen molar-refractivity contribution in [2.24, 2.45) is 5.41 Å². The van der Waals surface area contributed by atoms with Crippen molar-refractivity contribution >= 4 is 5.97 Å². The summed E-state index contributed by atoms with van der Waals surface area (Å²) in [5.41, 5.74) is 0.228. The molecule has 2 N–H and O–H groups in total. The molecule has 0 spiro atoms. The van der Waals surface area contributed by atoms with Gasteiger partial charge in [-0.15, -0.1) is 0 Å². The normalized spacial score (nSPS) is 29.0. The number of nitrogens with zero attached hydrogens (tertiary/aromatic N) is 1. The molecule has 1 aromatic carbocycles. The van der Waals surface area contributed by atoms with Crippen LogP contribution in [0.15, 0.2) is 30.3 Å². The Morgan fingerprint density at radius 1 is 1.17 bits per heavy atom. The van der Waals surface area contributed by atoms with E-state index in [-0.39, 0.29) is 0 Å². The van der Waals surface area contributed by atoms with Crippen molar-refractivity contribution in [3.8, 4) is 0 Å². The SMILES string of the molecule is O=C(O)[C@]1(CCCc2ccccc2)CN(C2CCCC2)CC[C@H]1O. The van der Waals surface area contributed by atoms with Crippen LogP contribution >= 0.6 is 0 Å². The largest absolute Gasteiger partial charge is 0.481 e. The maximum atomic E-state index is 12.1. The van der Waals surface area contributed by atoms with Gasteiger partial charge >= 0.3 is 5.97 Å². The van der Waals surface area contributed by atoms with Crippen LogP contribution in [0.2, 0.25) is 0 Å². The lowest BCUT2D eigenvalue weighted by Crippen LogP contribution is -2.57. The fourth-order valence-corrected chi connectivity index (χ4v) is 4.51. The van der Waals surface area contributed by atoms with Crippen LogP contribution in [0, 0.1) is 5.41 Å². The highest BCUT2D eigenvalue weighted by molar-refractivity contribution is 5.76. The predicted octanol–water partition coefficient (Wildman–Crippen LogP) is 3.09. The topological polar surface area (TPSA) is 60.8 Å². The summed E-state index contributed by atoms with van der Waals surface area (Å²) >= 11 is 0. The van der Waals surface area contributed by atoms with Crippen molar-refractivity contribution < 1.29 is 15.0 Å². The number of benzene rings is 1. The van der Waals surface area contributed by atoms with Crippen molar-refractivity contribution in [2.75, 3.05) is 13.1 Å². The van der Waals surface area contributed by atoms with Gasteiger partial charge in [0.1, 0.15) is 5.41 Å². The number of aliphatic hydroxyl groups excluding tert-OH is 1. The fourth-order valence-electron chi connectivity index (χ4n) is 4.51. The molecule has 4 heteroatoms. The number of likely N-dealkylation sites (tertiary alicyclic amines) is 1. The van der Waals surface area contributed by atoms with Crippen molar-refractivity contribution in [2.45, 2.75) is 63.5 Å². The van der Waals surface area contributed by atoms with E-state index in [9.17, 15) is 15.0 Å². The number of hydrogen-bond donors (Lipinski definition) is 2. The second kappa shape index (κ2) is 7.66. The summed E-state index contributed by atoms with van der Waals surface area (Å²) in [6, 6.07) is 10.7. The minimum atomic E-state index is -1.00. The minimum Gasteiger partial charge on any atom is -0.481 e. The smallest absolute Gasteiger partial charge is 0.313 e. The van der Waals surface area contributed by atoms with E-state index in [1.165, 1.54) is 31.2 Å². The van der Waals surface area contributed by atoms with Crippen LogP contribution in [-0.4, -0.2) is 46.3 Å². The summed E-state index contributed by atoms with van der Waals surface area (Å²) in [6.07, 6.45) is 6.90. The molecule has 0 radical (unpaired) electrons. The average molecular weight is 331 g/mol. The summed E-state index contributed by atoms with van der Waals surface area (Å²) in [4.78, 5) is 14.4. The summed E-state index contributed by atoms with van der Waals surface area (Å²) in [5, 5.41) is 20.5. The number of hydrogen-bond acceptors (Lipinski definition) is 3. The Morgan fingerprint density at radius 3 is 2.54 bits per heavy atom. The number of piperidine rings is 1. The Morgan fingerprint density at radius 2 is 1.88 bits per heavy atom. The van der Waals surface area contributed by atoms with E-state index in [1.54, 1.807) is 0 Å². The highest BCUT2D eigenvalue weighted by atomic mass is 16.4. The number of carboxylic acid groups (broad SMARTS) is 1. The van der Waals surface area contributed by atoms with Gasteiger partial charge in [0.15, 0.2) is 0 Å². The van der Waals surface area contributed by atoms with E-state index in [2.05, 4.69) is 17.0 Å². The molecular formula is C20H29NO3. The van der Waals surface area contributed by atoms with E-state index in [1.807, 2.05) is 18.2 Å². The van der Waals surface area contributed by atoms with Gasteiger partial charge in [-0.1, -0.05) is 43.2 Å². The van der Waals surface area contributed by atoms with Crippen LogP contribution in [0.25, 0.3) is 0 Å². The predicted molar refractivity (Wildman–Crippen MR) is 93.9 cm³/mol. The van der Waals surface area contributed by atoms with Crippen molar-refractivity contribution in [3.05, 3.63) is 35.9 Å². The van der Waals surface area contributed by atoms with Crippen molar-refractivity contribution in [1.82, 2.24) is 4.90 Å². The van der Waals surface area contributed by atoms with Gasteiger partial charge in [-0.25, -0.2) is 0 Å². The maximum absolute atomic E-state index is 12.1. The third kappa shape index (κ3) is 3.65. The first kappa shape index (κ1) is 17.4. The Labute approximate surface area is 144 Å². The highest BCUT2D eigenvalue weighted by Crippen LogP contribution is 2.38. The standard InChI is InChI=1S/C20H29NO3/c22-18-12-14-21(17-10-4-5-11-17)15-20(18,19(23)24)13-6-9-16-7-2-1-3-8-16/h1-3,7-8,17-18,22H,4-6,9-15H2,(H,23,24)/t18-,20-/m1/s1. The molecule has 2 atom stereocenters. The monoisotopic (exact) mass is 331 g/mol. The lowest BCUT2D eigenvalue weighted by Gasteiger charge is -2.45. The van der Waals surface area contributed by atoms with E-state index in [0.717, 1.165) is 19.4 Å². The number of carbonyl (C=O) groups is 1. The van der Waals surface area contributed by atoms with Crippen LogP contribution in [0.1, 0.15) is 50.5 Å². The van der Waals surface area contributed by atoms with Crippen LogP contribution in [0.3, 0.4) is 0 Å². The molecule has 1 heterocycles. The zero-order chi connectivity index (χ0) is 17.0. The quantitative estimate of drug-likeness (QED) is 0.841. The van der Waals surface area contributed by atoms with E-state index >= 15 is 0 Å². The summed E-state index contributed by atoms with van der Waals surface area (Å²) in [6.45, 7) is 1.34. The first-order valence-electron chi connectivity index (χ1n) is 9.31. The molecule has 0 aromatic heterocycles. The molecule has 132 valence electrons. The van der Waals surface area contributed by atoms with Gasteiger partial charge in [-0.3, -0.25) is 9.69 Å². The Kier molecular flexibility index (Phi) is 5.57. The van der Waals surface area contributed by atoms with Gasteiger partial charge in [-0.05, 0) is 44.1 Å². The first-order chi connectivity index (χ1) is 11.6. The number of aliphatic hydroxyl groups is 1. The lowest BCUT2D eigenvalue weighted by atomic mass is 9.73. The number of rotatable bonds is 6. The average Bonchev–Trinajstić information content (AvgIpc) is 3.12. The molecule has 1 aliphatic carbocycles. The van der Waals surface area contributed by atoms with Crippen molar-refractivity contribution in [1.29, 1.82) is 0 Å². The molecule has 0 unspecified atom stereocenters. The Balaban J connectivity index is 1.66.